The fourth-order valence-electron chi connectivity index (χ4n) is 8.39. The van der Waals surface area contributed by atoms with Crippen molar-refractivity contribution in [3.05, 3.63) is 0 Å². The maximum Gasteiger partial charge on any atom is 0.306 e. The molecule has 0 saturated heterocycles. The van der Waals surface area contributed by atoms with Gasteiger partial charge in [-0.2, -0.15) is 0 Å². The summed E-state index contributed by atoms with van der Waals surface area (Å²) in [5.74, 6) is 0.0125. The summed E-state index contributed by atoms with van der Waals surface area (Å²) < 4.78 is 16.8. The molecule has 0 aromatic rings. The van der Waals surface area contributed by atoms with Crippen LogP contribution in [0.15, 0.2) is 0 Å². The lowest BCUT2D eigenvalue weighted by molar-refractivity contribution is -0.167. The molecule has 0 aliphatic carbocycles. The standard InChI is InChI=1S/C55H106O6/c1-5-7-9-11-13-15-17-22-27-30-34-38-42-46-53(56)59-49-52(61-55(58)48-44-40-36-32-25-16-14-12-10-8-6-2)50-60-54(57)47-43-39-35-31-28-24-21-19-18-20-23-26-29-33-37-41-45-51(3)4/h51-52H,5-50H2,1-4H3/t52-/m1/s1. The molecule has 0 bridgehead atoms. The molecular formula is C55H106O6. The first-order chi connectivity index (χ1) is 29.9. The Morgan fingerprint density at radius 2 is 0.541 bits per heavy atom. The van der Waals surface area contributed by atoms with Crippen LogP contribution in [0.2, 0.25) is 0 Å². The van der Waals surface area contributed by atoms with Crippen LogP contribution in [0.25, 0.3) is 0 Å². The molecule has 0 fully saturated rings. The van der Waals surface area contributed by atoms with Crippen molar-refractivity contribution in [2.24, 2.45) is 5.92 Å². The molecule has 0 unspecified atom stereocenters. The Kier molecular flexibility index (Phi) is 48.1. The number of carbonyl (C=O) groups is 3. The molecule has 0 aliphatic heterocycles. The minimum atomic E-state index is -0.760. The lowest BCUT2D eigenvalue weighted by atomic mass is 10.0. The molecule has 1 atom stereocenters. The normalized spacial score (nSPS) is 12.0. The number of hydrogen-bond donors (Lipinski definition) is 0. The molecule has 6 nitrogen and oxygen atoms in total. The van der Waals surface area contributed by atoms with E-state index in [0.717, 1.165) is 63.7 Å². The number of rotatable bonds is 50. The van der Waals surface area contributed by atoms with Gasteiger partial charge in [-0.15, -0.1) is 0 Å². The number of carbonyl (C=O) groups excluding carboxylic acids is 3. The minimum Gasteiger partial charge on any atom is -0.462 e. The van der Waals surface area contributed by atoms with Crippen LogP contribution in [0.5, 0.6) is 0 Å². The van der Waals surface area contributed by atoms with Crippen LogP contribution in [0, 0.1) is 5.92 Å². The summed E-state index contributed by atoms with van der Waals surface area (Å²) in [5.41, 5.74) is 0. The zero-order valence-electron chi connectivity index (χ0n) is 41.6. The molecule has 0 aromatic heterocycles. The van der Waals surface area contributed by atoms with E-state index in [1.807, 2.05) is 0 Å². The van der Waals surface area contributed by atoms with Crippen molar-refractivity contribution in [1.82, 2.24) is 0 Å². The van der Waals surface area contributed by atoms with Gasteiger partial charge in [-0.05, 0) is 25.2 Å². The highest BCUT2D eigenvalue weighted by atomic mass is 16.6. The predicted octanol–water partition coefficient (Wildman–Crippen LogP) is 17.8. The lowest BCUT2D eigenvalue weighted by Gasteiger charge is -2.18. The van der Waals surface area contributed by atoms with E-state index in [2.05, 4.69) is 27.7 Å². The van der Waals surface area contributed by atoms with Gasteiger partial charge in [0.25, 0.3) is 0 Å². The van der Waals surface area contributed by atoms with Crippen LogP contribution in [-0.2, 0) is 28.6 Å². The SMILES string of the molecule is CCCCCCCCCCCCCCCC(=O)OC[C@H](COC(=O)CCCCCCCCCCCCCCCCCCC(C)C)OC(=O)CCCCCCCCCCCCC. The van der Waals surface area contributed by atoms with Crippen LogP contribution in [-0.4, -0.2) is 37.2 Å². The molecule has 0 amide bonds. The van der Waals surface area contributed by atoms with Gasteiger partial charge in [0.2, 0.25) is 0 Å². The summed E-state index contributed by atoms with van der Waals surface area (Å²) in [6.45, 7) is 9.05. The topological polar surface area (TPSA) is 78.9 Å². The third kappa shape index (κ3) is 49.3. The molecule has 0 saturated carbocycles. The van der Waals surface area contributed by atoms with Crippen molar-refractivity contribution in [1.29, 1.82) is 0 Å². The highest BCUT2D eigenvalue weighted by Gasteiger charge is 2.19. The average Bonchev–Trinajstić information content (AvgIpc) is 3.24. The van der Waals surface area contributed by atoms with Gasteiger partial charge in [0, 0.05) is 19.3 Å². The maximum atomic E-state index is 12.8. The first kappa shape index (κ1) is 59.4. The Morgan fingerprint density at radius 1 is 0.311 bits per heavy atom. The summed E-state index contributed by atoms with van der Waals surface area (Å²) in [4.78, 5) is 38.0. The Balaban J connectivity index is 4.23. The number of esters is 3. The van der Waals surface area contributed by atoms with E-state index >= 15 is 0 Å². The maximum absolute atomic E-state index is 12.8. The van der Waals surface area contributed by atoms with Crippen LogP contribution >= 0.6 is 0 Å². The monoisotopic (exact) mass is 863 g/mol. The van der Waals surface area contributed by atoms with Gasteiger partial charge in [-0.25, -0.2) is 0 Å². The average molecular weight is 863 g/mol. The molecule has 0 aromatic carbocycles. The van der Waals surface area contributed by atoms with Crippen molar-refractivity contribution in [2.45, 2.75) is 316 Å². The Morgan fingerprint density at radius 3 is 0.803 bits per heavy atom. The summed E-state index contributed by atoms with van der Waals surface area (Å²) in [5, 5.41) is 0. The lowest BCUT2D eigenvalue weighted by Crippen LogP contribution is -2.30. The van der Waals surface area contributed by atoms with Gasteiger partial charge in [-0.3, -0.25) is 14.4 Å². The highest BCUT2D eigenvalue weighted by molar-refractivity contribution is 5.71. The fraction of sp³-hybridized carbons (Fsp3) is 0.945. The zero-order chi connectivity index (χ0) is 44.5. The molecule has 6 heteroatoms. The molecule has 362 valence electrons. The van der Waals surface area contributed by atoms with Crippen molar-refractivity contribution in [3.8, 4) is 0 Å². The third-order valence-electron chi connectivity index (χ3n) is 12.5. The number of ether oxygens (including phenoxy) is 3. The van der Waals surface area contributed by atoms with Gasteiger partial charge in [0.1, 0.15) is 13.2 Å². The van der Waals surface area contributed by atoms with E-state index in [-0.39, 0.29) is 31.1 Å². The van der Waals surface area contributed by atoms with Crippen LogP contribution in [0.3, 0.4) is 0 Å². The van der Waals surface area contributed by atoms with Crippen LogP contribution in [0.1, 0.15) is 310 Å². The van der Waals surface area contributed by atoms with Gasteiger partial charge in [-0.1, -0.05) is 272 Å². The largest absolute Gasteiger partial charge is 0.462 e. The van der Waals surface area contributed by atoms with Crippen molar-refractivity contribution in [3.63, 3.8) is 0 Å². The second kappa shape index (κ2) is 49.4. The van der Waals surface area contributed by atoms with E-state index in [1.165, 1.54) is 205 Å². The molecule has 0 rings (SSSR count). The summed E-state index contributed by atoms with van der Waals surface area (Å²) in [7, 11) is 0. The van der Waals surface area contributed by atoms with Crippen LogP contribution in [0.4, 0.5) is 0 Å². The van der Waals surface area contributed by atoms with Gasteiger partial charge < -0.3 is 14.2 Å². The van der Waals surface area contributed by atoms with Gasteiger partial charge in [0.15, 0.2) is 6.10 Å². The van der Waals surface area contributed by atoms with E-state index in [1.54, 1.807) is 0 Å². The van der Waals surface area contributed by atoms with E-state index < -0.39 is 6.10 Å². The van der Waals surface area contributed by atoms with Crippen molar-refractivity contribution in [2.75, 3.05) is 13.2 Å². The Labute approximate surface area is 380 Å². The first-order valence-electron chi connectivity index (χ1n) is 27.4. The summed E-state index contributed by atoms with van der Waals surface area (Å²) in [6, 6.07) is 0. The quantitative estimate of drug-likeness (QED) is 0.0344. The first-order valence-corrected chi connectivity index (χ1v) is 27.4. The summed E-state index contributed by atoms with van der Waals surface area (Å²) in [6.07, 6.45) is 52.3. The molecular weight excluding hydrogens is 757 g/mol. The van der Waals surface area contributed by atoms with E-state index in [9.17, 15) is 14.4 Å². The minimum absolute atomic E-state index is 0.0622. The molecule has 61 heavy (non-hydrogen) atoms. The number of hydrogen-bond acceptors (Lipinski definition) is 6. The highest BCUT2D eigenvalue weighted by Crippen LogP contribution is 2.17. The van der Waals surface area contributed by atoms with Crippen LogP contribution < -0.4 is 0 Å². The molecule has 0 N–H and O–H groups in total. The summed E-state index contributed by atoms with van der Waals surface area (Å²) >= 11 is 0. The number of unbranched alkanes of at least 4 members (excludes halogenated alkanes) is 37. The third-order valence-corrected chi connectivity index (χ3v) is 12.5. The smallest absolute Gasteiger partial charge is 0.306 e. The van der Waals surface area contributed by atoms with Crippen molar-refractivity contribution >= 4 is 17.9 Å². The second-order valence-corrected chi connectivity index (χ2v) is 19.3. The Bertz CT molecular complexity index is 918. The molecule has 0 heterocycles. The van der Waals surface area contributed by atoms with Gasteiger partial charge >= 0.3 is 17.9 Å². The second-order valence-electron chi connectivity index (χ2n) is 19.3. The van der Waals surface area contributed by atoms with Gasteiger partial charge in [0.05, 0.1) is 0 Å². The Hall–Kier alpha value is -1.59. The predicted molar refractivity (Wildman–Crippen MR) is 261 cm³/mol. The van der Waals surface area contributed by atoms with Crippen molar-refractivity contribution < 1.29 is 28.6 Å². The zero-order valence-corrected chi connectivity index (χ0v) is 41.6. The molecule has 0 spiro atoms. The molecule has 0 aliphatic rings. The molecule has 0 radical (unpaired) electrons. The van der Waals surface area contributed by atoms with E-state index in [0.29, 0.717) is 19.3 Å². The fourth-order valence-corrected chi connectivity index (χ4v) is 8.39. The van der Waals surface area contributed by atoms with E-state index in [4.69, 9.17) is 14.2 Å².